The molecule has 1 radical (unpaired) electrons. The number of carbonyl (C=O) groups is 1. The maximum Gasteiger partial charge on any atom is 0.338 e. The van der Waals surface area contributed by atoms with Gasteiger partial charge in [0.25, 0.3) is 0 Å². The molecule has 1 atom stereocenters. The van der Waals surface area contributed by atoms with E-state index in [1.807, 2.05) is 6.07 Å². The van der Waals surface area contributed by atoms with Gasteiger partial charge in [0.05, 0.1) is 12.2 Å². The first kappa shape index (κ1) is 11.7. The Morgan fingerprint density at radius 1 is 1.60 bits per heavy atom. The Morgan fingerprint density at radius 2 is 2.33 bits per heavy atom. The van der Waals surface area contributed by atoms with Crippen LogP contribution >= 0.6 is 0 Å². The first-order valence-corrected chi connectivity index (χ1v) is 4.90. The van der Waals surface area contributed by atoms with Crippen molar-refractivity contribution in [3.63, 3.8) is 0 Å². The number of benzene rings is 1. The number of aliphatic hydroxyl groups is 1. The van der Waals surface area contributed by atoms with Crippen LogP contribution in [0.4, 0.5) is 0 Å². The van der Waals surface area contributed by atoms with E-state index in [-0.39, 0.29) is 18.5 Å². The van der Waals surface area contributed by atoms with E-state index in [0.29, 0.717) is 12.2 Å². The van der Waals surface area contributed by atoms with Crippen LogP contribution in [0.25, 0.3) is 0 Å². The van der Waals surface area contributed by atoms with Gasteiger partial charge >= 0.3 is 5.97 Å². The zero-order valence-electron chi connectivity index (χ0n) is 8.77. The number of carbonyl (C=O) groups excluding carboxylic acids is 1. The first-order chi connectivity index (χ1) is 7.19. The Kier molecular flexibility index (Phi) is 4.31. The van der Waals surface area contributed by atoms with Crippen LogP contribution in [0.5, 0.6) is 0 Å². The summed E-state index contributed by atoms with van der Waals surface area (Å²) in [5.74, 6) is -0.552. The maximum absolute atomic E-state index is 11.4. The Balaban J connectivity index is 2.87. The average molecular weight is 207 g/mol. The lowest BCUT2D eigenvalue weighted by Crippen LogP contribution is -2.06. The summed E-state index contributed by atoms with van der Waals surface area (Å²) in [7, 11) is 0. The SMILES string of the molecule is [CH2]C(CO)c1cccc(C(=O)OCC)c1. The van der Waals surface area contributed by atoms with Crippen molar-refractivity contribution in [2.45, 2.75) is 12.8 Å². The van der Waals surface area contributed by atoms with Gasteiger partial charge < -0.3 is 9.84 Å². The highest BCUT2D eigenvalue weighted by Gasteiger charge is 2.09. The highest BCUT2D eigenvalue weighted by Crippen LogP contribution is 2.16. The van der Waals surface area contributed by atoms with Gasteiger partial charge in [-0.25, -0.2) is 4.79 Å². The number of rotatable bonds is 4. The average Bonchev–Trinajstić information content (AvgIpc) is 2.28. The van der Waals surface area contributed by atoms with E-state index in [2.05, 4.69) is 6.92 Å². The monoisotopic (exact) mass is 207 g/mol. The molecule has 1 aromatic rings. The summed E-state index contributed by atoms with van der Waals surface area (Å²) in [5.41, 5.74) is 1.33. The van der Waals surface area contributed by atoms with Crippen LogP contribution in [0.1, 0.15) is 28.8 Å². The molecule has 1 N–H and O–H groups in total. The van der Waals surface area contributed by atoms with Gasteiger partial charge in [0.15, 0.2) is 0 Å². The molecule has 0 saturated carbocycles. The summed E-state index contributed by atoms with van der Waals surface area (Å²) in [6, 6.07) is 6.98. The van der Waals surface area contributed by atoms with Crippen molar-refractivity contribution in [3.8, 4) is 0 Å². The Hall–Kier alpha value is -1.35. The summed E-state index contributed by atoms with van der Waals surface area (Å²) in [5, 5.41) is 8.94. The molecule has 0 aromatic heterocycles. The number of ether oxygens (including phenoxy) is 1. The van der Waals surface area contributed by atoms with Crippen LogP contribution in [-0.4, -0.2) is 24.3 Å². The van der Waals surface area contributed by atoms with Gasteiger partial charge in [0, 0.05) is 12.5 Å². The van der Waals surface area contributed by atoms with Crippen molar-refractivity contribution in [1.82, 2.24) is 0 Å². The second-order valence-electron chi connectivity index (χ2n) is 3.23. The maximum atomic E-state index is 11.4. The molecule has 0 aliphatic carbocycles. The minimum absolute atomic E-state index is 0.0354. The van der Waals surface area contributed by atoms with Crippen molar-refractivity contribution in [1.29, 1.82) is 0 Å². The Morgan fingerprint density at radius 3 is 2.93 bits per heavy atom. The van der Waals surface area contributed by atoms with Crippen LogP contribution in [0.3, 0.4) is 0 Å². The predicted molar refractivity (Wildman–Crippen MR) is 57.6 cm³/mol. The van der Waals surface area contributed by atoms with Gasteiger partial charge in [-0.1, -0.05) is 12.1 Å². The minimum Gasteiger partial charge on any atom is -0.462 e. The van der Waals surface area contributed by atoms with Gasteiger partial charge in [-0.15, -0.1) is 0 Å². The van der Waals surface area contributed by atoms with Crippen molar-refractivity contribution in [2.24, 2.45) is 0 Å². The van der Waals surface area contributed by atoms with Gasteiger partial charge in [0.2, 0.25) is 0 Å². The second-order valence-corrected chi connectivity index (χ2v) is 3.23. The van der Waals surface area contributed by atoms with Crippen LogP contribution < -0.4 is 0 Å². The summed E-state index contributed by atoms with van der Waals surface area (Å²) in [4.78, 5) is 11.4. The van der Waals surface area contributed by atoms with Crippen LogP contribution in [0.2, 0.25) is 0 Å². The summed E-state index contributed by atoms with van der Waals surface area (Å²) >= 11 is 0. The van der Waals surface area contributed by atoms with Crippen LogP contribution in [-0.2, 0) is 4.74 Å². The third-order valence-electron chi connectivity index (χ3n) is 2.09. The molecule has 15 heavy (non-hydrogen) atoms. The molecular weight excluding hydrogens is 192 g/mol. The topological polar surface area (TPSA) is 46.5 Å². The smallest absolute Gasteiger partial charge is 0.338 e. The van der Waals surface area contributed by atoms with Gasteiger partial charge in [-0.05, 0) is 31.5 Å². The molecule has 0 amide bonds. The summed E-state index contributed by atoms with van der Waals surface area (Å²) < 4.78 is 4.87. The number of aliphatic hydroxyl groups excluding tert-OH is 1. The lowest BCUT2D eigenvalue weighted by Gasteiger charge is -2.09. The van der Waals surface area contributed by atoms with Crippen molar-refractivity contribution >= 4 is 5.97 Å². The number of hydrogen-bond donors (Lipinski definition) is 1. The zero-order valence-corrected chi connectivity index (χ0v) is 8.77. The molecule has 1 unspecified atom stereocenters. The van der Waals surface area contributed by atoms with Gasteiger partial charge in [-0.3, -0.25) is 0 Å². The first-order valence-electron chi connectivity index (χ1n) is 4.90. The molecule has 0 aliphatic heterocycles. The van der Waals surface area contributed by atoms with Gasteiger partial charge in [0.1, 0.15) is 0 Å². The van der Waals surface area contributed by atoms with E-state index in [1.54, 1.807) is 25.1 Å². The Bertz CT molecular complexity index is 333. The quantitative estimate of drug-likeness (QED) is 0.765. The van der Waals surface area contributed by atoms with Gasteiger partial charge in [-0.2, -0.15) is 0 Å². The molecule has 1 rings (SSSR count). The molecular formula is C12H15O3. The standard InChI is InChI=1S/C12H15O3/c1-3-15-12(14)11-6-4-5-10(7-11)9(2)8-13/h4-7,9,13H,2-3,8H2,1H3. The molecule has 0 heterocycles. The fourth-order valence-electron chi connectivity index (χ4n) is 1.24. The molecule has 3 nitrogen and oxygen atoms in total. The third kappa shape index (κ3) is 3.06. The van der Waals surface area contributed by atoms with E-state index in [0.717, 1.165) is 5.56 Å². The van der Waals surface area contributed by atoms with Crippen LogP contribution in [0.15, 0.2) is 24.3 Å². The van der Waals surface area contributed by atoms with E-state index >= 15 is 0 Å². The van der Waals surface area contributed by atoms with Crippen molar-refractivity contribution < 1.29 is 14.6 Å². The molecule has 0 saturated heterocycles. The predicted octanol–water partition coefficient (Wildman–Crippen LogP) is 1.77. The Labute approximate surface area is 89.7 Å². The highest BCUT2D eigenvalue weighted by molar-refractivity contribution is 5.89. The fourth-order valence-corrected chi connectivity index (χ4v) is 1.24. The largest absolute Gasteiger partial charge is 0.462 e. The van der Waals surface area contributed by atoms with E-state index in [9.17, 15) is 4.79 Å². The number of hydrogen-bond acceptors (Lipinski definition) is 3. The molecule has 1 aromatic carbocycles. The molecule has 81 valence electrons. The van der Waals surface area contributed by atoms with Crippen LogP contribution in [0, 0.1) is 6.92 Å². The fraction of sp³-hybridized carbons (Fsp3) is 0.333. The number of esters is 1. The van der Waals surface area contributed by atoms with E-state index in [1.165, 1.54) is 0 Å². The summed E-state index contributed by atoms with van der Waals surface area (Å²) in [6.45, 7) is 5.86. The van der Waals surface area contributed by atoms with E-state index in [4.69, 9.17) is 9.84 Å². The third-order valence-corrected chi connectivity index (χ3v) is 2.09. The lowest BCUT2D eigenvalue weighted by atomic mass is 10.00. The minimum atomic E-state index is -0.343. The second kappa shape index (κ2) is 5.51. The zero-order chi connectivity index (χ0) is 11.3. The molecule has 0 spiro atoms. The molecule has 3 heteroatoms. The van der Waals surface area contributed by atoms with Crippen molar-refractivity contribution in [3.05, 3.63) is 42.3 Å². The summed E-state index contributed by atoms with van der Waals surface area (Å²) in [6.07, 6.45) is 0. The normalized spacial score (nSPS) is 12.2. The van der Waals surface area contributed by atoms with Crippen molar-refractivity contribution in [2.75, 3.05) is 13.2 Å². The lowest BCUT2D eigenvalue weighted by molar-refractivity contribution is 0.0526. The molecule has 0 fully saturated rings. The van der Waals surface area contributed by atoms with E-state index < -0.39 is 0 Å². The molecule has 0 bridgehead atoms. The molecule has 0 aliphatic rings. The highest BCUT2D eigenvalue weighted by atomic mass is 16.5.